The van der Waals surface area contributed by atoms with E-state index >= 15 is 0 Å². The lowest BCUT2D eigenvalue weighted by Crippen LogP contribution is -2.27. The molecule has 0 unspecified atom stereocenters. The van der Waals surface area contributed by atoms with Gasteiger partial charge in [-0.15, -0.1) is 0 Å². The Kier molecular flexibility index (Phi) is 4.82. The maximum atomic E-state index is 13.4. The number of aryl methyl sites for hydroxylation is 1. The van der Waals surface area contributed by atoms with Gasteiger partial charge in [0.15, 0.2) is 17.2 Å². The minimum atomic E-state index is -4.51. The van der Waals surface area contributed by atoms with Crippen molar-refractivity contribution in [2.24, 2.45) is 0 Å². The quantitative estimate of drug-likeness (QED) is 0.864. The van der Waals surface area contributed by atoms with Gasteiger partial charge < -0.3 is 14.8 Å². The summed E-state index contributed by atoms with van der Waals surface area (Å²) < 4.78 is 50.5. The van der Waals surface area contributed by atoms with Gasteiger partial charge in [0.05, 0.1) is 0 Å². The average molecular weight is 393 g/mol. The molecule has 0 atom stereocenters. The number of ether oxygens (including phenoxy) is 2. The van der Waals surface area contributed by atoms with Crippen LogP contribution in [-0.2, 0) is 25.4 Å². The second-order valence-corrected chi connectivity index (χ2v) is 6.69. The molecule has 0 bridgehead atoms. The number of benzene rings is 1. The van der Waals surface area contributed by atoms with Gasteiger partial charge in [-0.05, 0) is 43.9 Å². The fourth-order valence-corrected chi connectivity index (χ4v) is 3.42. The molecule has 148 valence electrons. The molecule has 0 radical (unpaired) electrons. The van der Waals surface area contributed by atoms with Crippen LogP contribution >= 0.6 is 0 Å². The molecule has 2 heterocycles. The van der Waals surface area contributed by atoms with E-state index in [-0.39, 0.29) is 37.1 Å². The van der Waals surface area contributed by atoms with Gasteiger partial charge in [0, 0.05) is 29.8 Å². The van der Waals surface area contributed by atoms with E-state index in [9.17, 15) is 18.0 Å². The third kappa shape index (κ3) is 3.74. The van der Waals surface area contributed by atoms with Crippen LogP contribution in [0.2, 0.25) is 0 Å². The highest BCUT2D eigenvalue weighted by molar-refractivity contribution is 5.94. The highest BCUT2D eigenvalue weighted by Gasteiger charge is 2.37. The number of nitrogens with zero attached hydrogens (tertiary/aromatic N) is 2. The Morgan fingerprint density at radius 2 is 1.89 bits per heavy atom. The third-order valence-corrected chi connectivity index (χ3v) is 4.77. The number of amides is 1. The summed E-state index contributed by atoms with van der Waals surface area (Å²) in [5.41, 5.74) is 0.235. The molecule has 28 heavy (non-hydrogen) atoms. The van der Waals surface area contributed by atoms with Crippen LogP contribution in [0, 0.1) is 0 Å². The SMILES string of the molecule is O=C(NCCc1nc2c(c(C(F)(F)F)n1)CCCC2)c1ccc2c(c1)OCO2. The van der Waals surface area contributed by atoms with E-state index in [1.165, 1.54) is 0 Å². The first-order valence-corrected chi connectivity index (χ1v) is 9.05. The summed E-state index contributed by atoms with van der Waals surface area (Å²) in [5, 5.41) is 2.68. The highest BCUT2D eigenvalue weighted by Crippen LogP contribution is 2.34. The molecule has 9 heteroatoms. The maximum Gasteiger partial charge on any atom is 0.433 e. The number of nitrogens with one attached hydrogen (secondary N) is 1. The summed E-state index contributed by atoms with van der Waals surface area (Å²) in [4.78, 5) is 20.3. The number of fused-ring (bicyclic) bond motifs is 2. The van der Waals surface area contributed by atoms with Crippen LogP contribution in [0.5, 0.6) is 11.5 Å². The number of hydrogen-bond acceptors (Lipinski definition) is 5. The summed E-state index contributed by atoms with van der Waals surface area (Å²) in [5.74, 6) is 0.797. The summed E-state index contributed by atoms with van der Waals surface area (Å²) in [6, 6.07) is 4.80. The van der Waals surface area contributed by atoms with E-state index in [2.05, 4.69) is 15.3 Å². The minimum absolute atomic E-state index is 0.0963. The average Bonchev–Trinajstić information content (AvgIpc) is 3.14. The first-order chi connectivity index (χ1) is 13.4. The van der Waals surface area contributed by atoms with Gasteiger partial charge in [0.1, 0.15) is 5.82 Å². The molecule has 0 spiro atoms. The van der Waals surface area contributed by atoms with Crippen molar-refractivity contribution < 1.29 is 27.4 Å². The van der Waals surface area contributed by atoms with Crippen molar-refractivity contribution >= 4 is 5.91 Å². The maximum absolute atomic E-state index is 13.4. The topological polar surface area (TPSA) is 73.3 Å². The molecular weight excluding hydrogens is 375 g/mol. The van der Waals surface area contributed by atoms with Crippen LogP contribution in [0.3, 0.4) is 0 Å². The Hall–Kier alpha value is -2.84. The van der Waals surface area contributed by atoms with Crippen LogP contribution in [0.15, 0.2) is 18.2 Å². The van der Waals surface area contributed by atoms with Crippen LogP contribution in [0.4, 0.5) is 13.2 Å². The number of hydrogen-bond donors (Lipinski definition) is 1. The Morgan fingerprint density at radius 3 is 2.71 bits per heavy atom. The second-order valence-electron chi connectivity index (χ2n) is 6.69. The molecule has 1 aliphatic heterocycles. The van der Waals surface area contributed by atoms with Crippen molar-refractivity contribution in [3.63, 3.8) is 0 Å². The molecule has 4 rings (SSSR count). The number of aromatic nitrogens is 2. The molecule has 1 N–H and O–H groups in total. The molecule has 1 aromatic carbocycles. The zero-order valence-corrected chi connectivity index (χ0v) is 14.9. The van der Waals surface area contributed by atoms with Gasteiger partial charge in [-0.3, -0.25) is 4.79 Å². The lowest BCUT2D eigenvalue weighted by Gasteiger charge is -2.20. The molecule has 1 amide bonds. The van der Waals surface area contributed by atoms with Crippen molar-refractivity contribution in [1.29, 1.82) is 0 Å². The second kappa shape index (κ2) is 7.29. The predicted molar refractivity (Wildman–Crippen MR) is 92.3 cm³/mol. The molecule has 1 aromatic heterocycles. The molecule has 0 fully saturated rings. The number of carbonyl (C=O) groups is 1. The summed E-state index contributed by atoms with van der Waals surface area (Å²) >= 11 is 0. The van der Waals surface area contributed by atoms with Crippen LogP contribution < -0.4 is 14.8 Å². The fourth-order valence-electron chi connectivity index (χ4n) is 3.42. The molecule has 2 aromatic rings. The summed E-state index contributed by atoms with van der Waals surface area (Å²) in [6.07, 6.45) is -1.98. The molecule has 1 aliphatic carbocycles. The van der Waals surface area contributed by atoms with Crippen LogP contribution in [0.1, 0.15) is 46.0 Å². The van der Waals surface area contributed by atoms with E-state index in [1.54, 1.807) is 18.2 Å². The van der Waals surface area contributed by atoms with E-state index in [0.29, 0.717) is 42.0 Å². The molecule has 6 nitrogen and oxygen atoms in total. The standard InChI is InChI=1S/C19H18F3N3O3/c20-19(21,22)17-12-3-1-2-4-13(12)24-16(25-17)7-8-23-18(26)11-5-6-14-15(9-11)28-10-27-14/h5-6,9H,1-4,7-8,10H2,(H,23,26). The third-order valence-electron chi connectivity index (χ3n) is 4.77. The lowest BCUT2D eigenvalue weighted by molar-refractivity contribution is -0.142. The van der Waals surface area contributed by atoms with Crippen LogP contribution in [-0.4, -0.2) is 29.2 Å². The molecule has 2 aliphatic rings. The van der Waals surface area contributed by atoms with Gasteiger partial charge >= 0.3 is 6.18 Å². The zero-order valence-electron chi connectivity index (χ0n) is 14.9. The van der Waals surface area contributed by atoms with Gasteiger partial charge in [-0.1, -0.05) is 0 Å². The van der Waals surface area contributed by atoms with E-state index in [1.807, 2.05) is 0 Å². The van der Waals surface area contributed by atoms with Gasteiger partial charge in [-0.2, -0.15) is 13.2 Å². The van der Waals surface area contributed by atoms with Crippen molar-refractivity contribution in [3.05, 3.63) is 46.5 Å². The van der Waals surface area contributed by atoms with Gasteiger partial charge in [-0.25, -0.2) is 9.97 Å². The Labute approximate surface area is 159 Å². The monoisotopic (exact) mass is 393 g/mol. The summed E-state index contributed by atoms with van der Waals surface area (Å²) in [6.45, 7) is 0.237. The van der Waals surface area contributed by atoms with Crippen molar-refractivity contribution in [3.8, 4) is 11.5 Å². The summed E-state index contributed by atoms with van der Waals surface area (Å²) in [7, 11) is 0. The number of carbonyl (C=O) groups excluding carboxylic acids is 1. The molecule has 0 saturated heterocycles. The molecular formula is C19H18F3N3O3. The van der Waals surface area contributed by atoms with Gasteiger partial charge in [0.2, 0.25) is 6.79 Å². The number of rotatable bonds is 4. The Morgan fingerprint density at radius 1 is 1.11 bits per heavy atom. The van der Waals surface area contributed by atoms with Gasteiger partial charge in [0.25, 0.3) is 5.91 Å². The van der Waals surface area contributed by atoms with Crippen molar-refractivity contribution in [1.82, 2.24) is 15.3 Å². The zero-order chi connectivity index (χ0) is 19.7. The Bertz CT molecular complexity index is 915. The predicted octanol–water partition coefficient (Wildman–Crippen LogP) is 3.08. The highest BCUT2D eigenvalue weighted by atomic mass is 19.4. The van der Waals surface area contributed by atoms with Crippen LogP contribution in [0.25, 0.3) is 0 Å². The number of halogens is 3. The largest absolute Gasteiger partial charge is 0.454 e. The normalized spacial score (nSPS) is 15.2. The minimum Gasteiger partial charge on any atom is -0.454 e. The van der Waals surface area contributed by atoms with Crippen molar-refractivity contribution in [2.45, 2.75) is 38.3 Å². The van der Waals surface area contributed by atoms with E-state index in [4.69, 9.17) is 9.47 Å². The van der Waals surface area contributed by atoms with Crippen molar-refractivity contribution in [2.75, 3.05) is 13.3 Å². The first-order valence-electron chi connectivity index (χ1n) is 9.05. The number of alkyl halides is 3. The Balaban J connectivity index is 1.44. The lowest BCUT2D eigenvalue weighted by atomic mass is 9.94. The molecule has 0 saturated carbocycles. The van der Waals surface area contributed by atoms with E-state index < -0.39 is 11.9 Å². The smallest absolute Gasteiger partial charge is 0.433 e. The first kappa shape index (κ1) is 18.5. The van der Waals surface area contributed by atoms with E-state index in [0.717, 1.165) is 6.42 Å². The fraction of sp³-hybridized carbons (Fsp3) is 0.421.